The van der Waals surface area contributed by atoms with E-state index in [0.29, 0.717) is 33.0 Å². The minimum Gasteiger partial charge on any atom is -0.372 e. The van der Waals surface area contributed by atoms with Crippen molar-refractivity contribution >= 4 is 8.80 Å². The summed E-state index contributed by atoms with van der Waals surface area (Å²) in [5.41, 5.74) is 2.10. The van der Waals surface area contributed by atoms with Crippen LogP contribution >= 0.6 is 0 Å². The molecule has 1 heterocycles. The van der Waals surface area contributed by atoms with Gasteiger partial charge in [0.25, 0.3) is 0 Å². The van der Waals surface area contributed by atoms with Crippen LogP contribution in [-0.4, -0.2) is 41.8 Å². The Hall–Kier alpha value is -0.463. The Labute approximate surface area is 111 Å². The topological polar surface area (TPSA) is 36.9 Å². The average Bonchev–Trinajstić information content (AvgIpc) is 2.75. The van der Waals surface area contributed by atoms with Crippen molar-refractivity contribution in [2.75, 3.05) is 33.0 Å². The Morgan fingerprint density at radius 2 is 1.61 bits per heavy atom. The van der Waals surface area contributed by atoms with E-state index in [1.54, 1.807) is 0 Å². The lowest BCUT2D eigenvalue weighted by Gasteiger charge is -2.30. The Bertz CT molecular complexity index is 308. The molecule has 0 N–H and O–H groups in total. The van der Waals surface area contributed by atoms with Gasteiger partial charge in [-0.05, 0) is 38.8 Å². The highest BCUT2D eigenvalue weighted by Crippen LogP contribution is 2.29. The summed E-state index contributed by atoms with van der Waals surface area (Å²) in [7, 11) is -2.77. The van der Waals surface area contributed by atoms with E-state index in [9.17, 15) is 0 Å². The van der Waals surface area contributed by atoms with Crippen molar-refractivity contribution < 1.29 is 18.0 Å². The molecule has 18 heavy (non-hydrogen) atoms. The first kappa shape index (κ1) is 15.6. The summed E-state index contributed by atoms with van der Waals surface area (Å²) in [6.07, 6.45) is 0. The number of allylic oxidation sites excluding steroid dienone is 1. The monoisotopic (exact) mass is 272 g/mol. The van der Waals surface area contributed by atoms with E-state index in [2.05, 4.69) is 6.58 Å². The van der Waals surface area contributed by atoms with Crippen molar-refractivity contribution in [2.45, 2.75) is 27.7 Å². The van der Waals surface area contributed by atoms with Gasteiger partial charge in [-0.3, -0.25) is 0 Å². The maximum atomic E-state index is 5.87. The van der Waals surface area contributed by atoms with Crippen molar-refractivity contribution in [2.24, 2.45) is 0 Å². The van der Waals surface area contributed by atoms with Gasteiger partial charge in [-0.15, -0.1) is 0 Å². The molecule has 1 aliphatic heterocycles. The summed E-state index contributed by atoms with van der Waals surface area (Å²) in [6, 6.07) is 0. The second kappa shape index (κ2) is 7.21. The van der Waals surface area contributed by atoms with Crippen LogP contribution in [0.15, 0.2) is 22.9 Å². The molecule has 0 aromatic rings. The number of hydrogen-bond acceptors (Lipinski definition) is 4. The lowest BCUT2D eigenvalue weighted by Crippen LogP contribution is -2.48. The molecule has 1 rings (SSSR count). The fourth-order valence-corrected chi connectivity index (χ4v) is 4.70. The number of hydrogen-bond donors (Lipinski definition) is 0. The fraction of sp³-hybridized carbons (Fsp3) is 0.692. The first-order chi connectivity index (χ1) is 8.61. The second-order valence-corrected chi connectivity index (χ2v) is 6.78. The van der Waals surface area contributed by atoms with Crippen LogP contribution in [0.5, 0.6) is 0 Å². The lowest BCUT2D eigenvalue weighted by molar-refractivity contribution is 0.0803. The van der Waals surface area contributed by atoms with Crippen LogP contribution in [-0.2, 0) is 18.0 Å². The molecule has 0 atom stereocenters. The van der Waals surface area contributed by atoms with E-state index >= 15 is 0 Å². The molecule has 1 aliphatic rings. The van der Waals surface area contributed by atoms with E-state index in [1.807, 2.05) is 27.7 Å². The van der Waals surface area contributed by atoms with Gasteiger partial charge in [0, 0.05) is 25.0 Å². The Balaban J connectivity index is 3.10. The van der Waals surface area contributed by atoms with Gasteiger partial charge >= 0.3 is 8.80 Å². The summed E-state index contributed by atoms with van der Waals surface area (Å²) in [4.78, 5) is 0. The second-order valence-electron chi connectivity index (χ2n) is 4.06. The van der Waals surface area contributed by atoms with Crippen LogP contribution in [0.1, 0.15) is 27.7 Å². The summed E-state index contributed by atoms with van der Waals surface area (Å²) in [5, 5.41) is 1.04. The van der Waals surface area contributed by atoms with Crippen LogP contribution in [0.2, 0.25) is 0 Å². The summed E-state index contributed by atoms with van der Waals surface area (Å²) >= 11 is 0. The minimum absolute atomic E-state index is 0.574. The Kier molecular flexibility index (Phi) is 6.24. The molecular formula is C13H24O4Si. The van der Waals surface area contributed by atoms with Gasteiger partial charge in [-0.1, -0.05) is 6.58 Å². The van der Waals surface area contributed by atoms with E-state index in [-0.39, 0.29) is 0 Å². The zero-order chi connectivity index (χ0) is 13.6. The molecule has 0 aromatic heterocycles. The molecule has 5 heteroatoms. The molecule has 0 bridgehead atoms. The highest BCUT2D eigenvalue weighted by atomic mass is 28.4. The molecule has 0 spiro atoms. The number of ether oxygens (including phenoxy) is 1. The fourth-order valence-electron chi connectivity index (χ4n) is 2.04. The molecule has 104 valence electrons. The van der Waals surface area contributed by atoms with Gasteiger partial charge in [-0.2, -0.15) is 0 Å². The first-order valence-corrected chi connectivity index (χ1v) is 8.21. The molecular weight excluding hydrogens is 248 g/mol. The zero-order valence-corrected chi connectivity index (χ0v) is 12.9. The normalized spacial score (nSPS) is 19.4. The maximum Gasteiger partial charge on any atom is 0.533 e. The predicted molar refractivity (Wildman–Crippen MR) is 73.3 cm³/mol. The van der Waals surface area contributed by atoms with Crippen molar-refractivity contribution in [3.8, 4) is 0 Å². The van der Waals surface area contributed by atoms with Crippen molar-refractivity contribution in [1.82, 2.24) is 0 Å². The van der Waals surface area contributed by atoms with Gasteiger partial charge in [0.05, 0.1) is 13.2 Å². The van der Waals surface area contributed by atoms with Crippen LogP contribution in [0.4, 0.5) is 0 Å². The summed E-state index contributed by atoms with van der Waals surface area (Å²) < 4.78 is 23.0. The molecule has 0 saturated carbocycles. The summed E-state index contributed by atoms with van der Waals surface area (Å²) in [5.74, 6) is 0. The van der Waals surface area contributed by atoms with Crippen LogP contribution in [0.3, 0.4) is 0 Å². The molecule has 0 aliphatic carbocycles. The Morgan fingerprint density at radius 1 is 1.11 bits per heavy atom. The van der Waals surface area contributed by atoms with E-state index in [4.69, 9.17) is 18.0 Å². The largest absolute Gasteiger partial charge is 0.533 e. The lowest BCUT2D eigenvalue weighted by atomic mass is 10.1. The van der Waals surface area contributed by atoms with Crippen molar-refractivity contribution in [3.05, 3.63) is 22.9 Å². The van der Waals surface area contributed by atoms with Crippen molar-refractivity contribution in [1.29, 1.82) is 0 Å². The predicted octanol–water partition coefficient (Wildman–Crippen LogP) is 2.48. The molecule has 0 aromatic carbocycles. The highest BCUT2D eigenvalue weighted by molar-refractivity contribution is 6.68. The number of rotatable bonds is 7. The maximum absolute atomic E-state index is 5.87. The van der Waals surface area contributed by atoms with Crippen LogP contribution in [0, 0.1) is 0 Å². The SMILES string of the molecule is C=C1COC/C1=C(\C)[Si](OCC)(OCC)OCC. The van der Waals surface area contributed by atoms with Gasteiger partial charge in [0.1, 0.15) is 0 Å². The Morgan fingerprint density at radius 3 is 1.94 bits per heavy atom. The molecule has 0 unspecified atom stereocenters. The first-order valence-electron chi connectivity index (χ1n) is 6.49. The van der Waals surface area contributed by atoms with Gasteiger partial charge in [0.2, 0.25) is 0 Å². The van der Waals surface area contributed by atoms with E-state index < -0.39 is 8.80 Å². The molecule has 1 saturated heterocycles. The quantitative estimate of drug-likeness (QED) is 0.667. The standard InChI is InChI=1S/C13H24O4Si/c1-6-15-18(16-7-2,17-8-3)12(5)13-10-14-9-11(13)4/h4,6-10H2,1-3,5H3/b13-12-. The van der Waals surface area contributed by atoms with Crippen molar-refractivity contribution in [3.63, 3.8) is 0 Å². The average molecular weight is 272 g/mol. The minimum atomic E-state index is -2.77. The highest BCUT2D eigenvalue weighted by Gasteiger charge is 2.45. The van der Waals surface area contributed by atoms with Crippen LogP contribution < -0.4 is 0 Å². The third-order valence-corrected chi connectivity index (χ3v) is 6.09. The van der Waals surface area contributed by atoms with E-state index in [0.717, 1.165) is 16.3 Å². The molecule has 0 radical (unpaired) electrons. The van der Waals surface area contributed by atoms with Crippen LogP contribution in [0.25, 0.3) is 0 Å². The third-order valence-electron chi connectivity index (χ3n) is 2.86. The summed E-state index contributed by atoms with van der Waals surface area (Å²) in [6.45, 7) is 14.8. The van der Waals surface area contributed by atoms with E-state index in [1.165, 1.54) is 0 Å². The molecule has 4 nitrogen and oxygen atoms in total. The van der Waals surface area contributed by atoms with Gasteiger partial charge in [-0.25, -0.2) is 0 Å². The zero-order valence-electron chi connectivity index (χ0n) is 11.9. The smallest absolute Gasteiger partial charge is 0.372 e. The van der Waals surface area contributed by atoms with Gasteiger partial charge in [0.15, 0.2) is 0 Å². The van der Waals surface area contributed by atoms with Gasteiger partial charge < -0.3 is 18.0 Å². The molecule has 1 fully saturated rings. The molecule has 0 amide bonds. The third kappa shape index (κ3) is 3.30.